The Balaban J connectivity index is 2.86. The van der Waals surface area contributed by atoms with E-state index >= 15 is 0 Å². The first-order valence-corrected chi connectivity index (χ1v) is 5.56. The van der Waals surface area contributed by atoms with Crippen LogP contribution in [-0.2, 0) is 0 Å². The van der Waals surface area contributed by atoms with Crippen molar-refractivity contribution in [2.45, 2.75) is 39.2 Å². The highest BCUT2D eigenvalue weighted by molar-refractivity contribution is 5.68. The first-order chi connectivity index (χ1) is 7.48. The van der Waals surface area contributed by atoms with E-state index in [-0.39, 0.29) is 5.54 Å². The Kier molecular flexibility index (Phi) is 3.78. The molecule has 0 saturated carbocycles. The summed E-state index contributed by atoms with van der Waals surface area (Å²) in [5.74, 6) is 0. The summed E-state index contributed by atoms with van der Waals surface area (Å²) >= 11 is 0. The lowest BCUT2D eigenvalue weighted by atomic mass is 9.98. The van der Waals surface area contributed by atoms with Crippen molar-refractivity contribution in [3.05, 3.63) is 23.8 Å². The molecule has 0 aliphatic rings. The van der Waals surface area contributed by atoms with Crippen molar-refractivity contribution >= 4 is 11.4 Å². The van der Waals surface area contributed by atoms with Gasteiger partial charge in [0, 0.05) is 5.54 Å². The van der Waals surface area contributed by atoms with Crippen LogP contribution in [0, 0.1) is 11.3 Å². The predicted octanol–water partition coefficient (Wildman–Crippen LogP) is 3.13. The monoisotopic (exact) mass is 217 g/mol. The molecular formula is C13H19N3. The maximum absolute atomic E-state index is 8.74. The molecule has 0 fully saturated rings. The third kappa shape index (κ3) is 3.16. The molecule has 0 aromatic heterocycles. The molecule has 3 N–H and O–H groups in total. The molecule has 86 valence electrons. The molecule has 0 saturated heterocycles. The quantitative estimate of drug-likeness (QED) is 0.762. The second-order valence-corrected chi connectivity index (χ2v) is 4.67. The van der Waals surface area contributed by atoms with Crippen LogP contribution in [0.15, 0.2) is 18.2 Å². The molecule has 0 bridgehead atoms. The first kappa shape index (κ1) is 12.4. The zero-order chi connectivity index (χ0) is 12.2. The van der Waals surface area contributed by atoms with Gasteiger partial charge in [-0.3, -0.25) is 0 Å². The van der Waals surface area contributed by atoms with Crippen LogP contribution in [0.1, 0.15) is 39.2 Å². The molecule has 1 aromatic rings. The highest BCUT2D eigenvalue weighted by Gasteiger charge is 2.16. The molecule has 0 radical (unpaired) electrons. The molecule has 1 rings (SSSR count). The van der Waals surface area contributed by atoms with Crippen LogP contribution >= 0.6 is 0 Å². The Morgan fingerprint density at radius 1 is 1.44 bits per heavy atom. The van der Waals surface area contributed by atoms with Crippen molar-refractivity contribution in [2.75, 3.05) is 11.1 Å². The normalized spacial score (nSPS) is 10.9. The summed E-state index contributed by atoms with van der Waals surface area (Å²) in [6.07, 6.45) is 2.20. The molecule has 3 heteroatoms. The molecule has 16 heavy (non-hydrogen) atoms. The Bertz CT molecular complexity index is 402. The highest BCUT2D eigenvalue weighted by atomic mass is 15.0. The molecule has 0 aliphatic carbocycles. The van der Waals surface area contributed by atoms with E-state index in [4.69, 9.17) is 11.0 Å². The lowest BCUT2D eigenvalue weighted by Crippen LogP contribution is -2.30. The Morgan fingerprint density at radius 2 is 2.12 bits per heavy atom. The number of hydrogen-bond acceptors (Lipinski definition) is 3. The highest BCUT2D eigenvalue weighted by Crippen LogP contribution is 2.25. The summed E-state index contributed by atoms with van der Waals surface area (Å²) in [4.78, 5) is 0. The molecule has 0 aliphatic heterocycles. The Morgan fingerprint density at radius 3 is 2.62 bits per heavy atom. The molecule has 1 aromatic carbocycles. The molecule has 0 spiro atoms. The van der Waals surface area contributed by atoms with Gasteiger partial charge in [0.15, 0.2) is 0 Å². The fraction of sp³-hybridized carbons (Fsp3) is 0.462. The van der Waals surface area contributed by atoms with E-state index in [2.05, 4.69) is 32.2 Å². The summed E-state index contributed by atoms with van der Waals surface area (Å²) in [5.41, 5.74) is 8.03. The van der Waals surface area contributed by atoms with Crippen LogP contribution < -0.4 is 11.1 Å². The van der Waals surface area contributed by atoms with E-state index in [1.54, 1.807) is 12.1 Å². The number of nitrogens with two attached hydrogens (primary N) is 1. The molecule has 3 nitrogen and oxygen atoms in total. The number of benzene rings is 1. The van der Waals surface area contributed by atoms with Crippen molar-refractivity contribution < 1.29 is 0 Å². The second-order valence-electron chi connectivity index (χ2n) is 4.67. The first-order valence-electron chi connectivity index (χ1n) is 5.56. The van der Waals surface area contributed by atoms with Gasteiger partial charge in [0.2, 0.25) is 0 Å². The maximum Gasteiger partial charge on any atom is 0.0992 e. The number of anilines is 2. The van der Waals surface area contributed by atoms with Gasteiger partial charge < -0.3 is 11.1 Å². The third-order valence-corrected chi connectivity index (χ3v) is 2.53. The number of nitrogens with zero attached hydrogens (tertiary/aromatic N) is 1. The van der Waals surface area contributed by atoms with Gasteiger partial charge >= 0.3 is 0 Å². The molecule has 0 heterocycles. The van der Waals surface area contributed by atoms with Gasteiger partial charge in [-0.05, 0) is 38.5 Å². The fourth-order valence-corrected chi connectivity index (χ4v) is 1.80. The standard InChI is InChI=1S/C13H19N3/c1-4-7-13(2,3)16-12-6-5-10(9-14)8-11(12)15/h5-6,8,16H,4,7,15H2,1-3H3. The van der Waals surface area contributed by atoms with Crippen molar-refractivity contribution in [2.24, 2.45) is 0 Å². The lowest BCUT2D eigenvalue weighted by Gasteiger charge is -2.28. The van der Waals surface area contributed by atoms with Crippen LogP contribution in [0.5, 0.6) is 0 Å². The Hall–Kier alpha value is -1.69. The van der Waals surface area contributed by atoms with E-state index in [1.807, 2.05) is 6.07 Å². The fourth-order valence-electron chi connectivity index (χ4n) is 1.80. The van der Waals surface area contributed by atoms with Crippen LogP contribution in [0.2, 0.25) is 0 Å². The number of nitrogens with one attached hydrogen (secondary N) is 1. The van der Waals surface area contributed by atoms with E-state index in [0.29, 0.717) is 11.3 Å². The lowest BCUT2D eigenvalue weighted by molar-refractivity contribution is 0.511. The van der Waals surface area contributed by atoms with Gasteiger partial charge in [-0.1, -0.05) is 13.3 Å². The van der Waals surface area contributed by atoms with E-state index in [0.717, 1.165) is 18.5 Å². The summed E-state index contributed by atoms with van der Waals surface area (Å²) in [6, 6.07) is 7.42. The van der Waals surface area contributed by atoms with Crippen molar-refractivity contribution in [3.63, 3.8) is 0 Å². The maximum atomic E-state index is 8.74. The van der Waals surface area contributed by atoms with E-state index < -0.39 is 0 Å². The number of nitriles is 1. The second kappa shape index (κ2) is 4.89. The summed E-state index contributed by atoms with van der Waals surface area (Å²) in [5, 5.41) is 12.1. The average molecular weight is 217 g/mol. The SMILES string of the molecule is CCCC(C)(C)Nc1ccc(C#N)cc1N. The van der Waals surface area contributed by atoms with Crippen LogP contribution in [0.4, 0.5) is 11.4 Å². The van der Waals surface area contributed by atoms with Crippen LogP contribution in [0.25, 0.3) is 0 Å². The minimum Gasteiger partial charge on any atom is -0.397 e. The van der Waals surface area contributed by atoms with Gasteiger partial charge in [0.1, 0.15) is 0 Å². The van der Waals surface area contributed by atoms with Gasteiger partial charge in [-0.15, -0.1) is 0 Å². The van der Waals surface area contributed by atoms with Gasteiger partial charge in [0.05, 0.1) is 23.0 Å². The number of hydrogen-bond donors (Lipinski definition) is 2. The number of rotatable bonds is 4. The van der Waals surface area contributed by atoms with Gasteiger partial charge in [-0.2, -0.15) is 5.26 Å². The molecule has 0 unspecified atom stereocenters. The van der Waals surface area contributed by atoms with Gasteiger partial charge in [-0.25, -0.2) is 0 Å². The summed E-state index contributed by atoms with van der Waals surface area (Å²) < 4.78 is 0. The zero-order valence-electron chi connectivity index (χ0n) is 10.2. The van der Waals surface area contributed by atoms with Gasteiger partial charge in [0.25, 0.3) is 0 Å². The van der Waals surface area contributed by atoms with Crippen LogP contribution in [-0.4, -0.2) is 5.54 Å². The third-order valence-electron chi connectivity index (χ3n) is 2.53. The summed E-state index contributed by atoms with van der Waals surface area (Å²) in [7, 11) is 0. The van der Waals surface area contributed by atoms with E-state index in [1.165, 1.54) is 0 Å². The largest absolute Gasteiger partial charge is 0.397 e. The van der Waals surface area contributed by atoms with Crippen molar-refractivity contribution in [1.82, 2.24) is 0 Å². The minimum atomic E-state index is 0.0248. The van der Waals surface area contributed by atoms with Crippen LogP contribution in [0.3, 0.4) is 0 Å². The number of nitrogen functional groups attached to an aromatic ring is 1. The topological polar surface area (TPSA) is 61.8 Å². The molecule has 0 atom stereocenters. The summed E-state index contributed by atoms with van der Waals surface area (Å²) in [6.45, 7) is 6.45. The predicted molar refractivity (Wildman–Crippen MR) is 68.2 cm³/mol. The Labute approximate surface area is 97.3 Å². The van der Waals surface area contributed by atoms with Crippen molar-refractivity contribution in [3.8, 4) is 6.07 Å². The average Bonchev–Trinajstić information content (AvgIpc) is 2.20. The zero-order valence-corrected chi connectivity index (χ0v) is 10.2. The minimum absolute atomic E-state index is 0.0248. The molecular weight excluding hydrogens is 198 g/mol. The van der Waals surface area contributed by atoms with Crippen molar-refractivity contribution in [1.29, 1.82) is 5.26 Å². The van der Waals surface area contributed by atoms with E-state index in [9.17, 15) is 0 Å². The smallest absolute Gasteiger partial charge is 0.0992 e. The molecule has 0 amide bonds.